The van der Waals surface area contributed by atoms with Crippen LogP contribution in [0, 0.1) is 18.7 Å². The summed E-state index contributed by atoms with van der Waals surface area (Å²) >= 11 is 2.67. The molecule has 1 aliphatic carbocycles. The Morgan fingerprint density at radius 1 is 1.28 bits per heavy atom. The number of aryl methyl sites for hydroxylation is 1. The standard InChI is InChI=1S/C12H13FN2O2.C7H6BrF5N2/c13-11-4-3-10(15-7-16)5-9(11)6-14-12(17)8-1-2-8;1-3-4(8)5(14-15(3)2)6(9,10)7(11,12)13/h3-5,7-8H,1-2,6H2,(H,14,17)(H,15,16);1-2H3. The van der Waals surface area contributed by atoms with Gasteiger partial charge in [-0.2, -0.15) is 27.1 Å². The summed E-state index contributed by atoms with van der Waals surface area (Å²) in [4.78, 5) is 21.7. The lowest BCUT2D eigenvalue weighted by Crippen LogP contribution is -2.34. The monoisotopic (exact) mass is 528 g/mol. The van der Waals surface area contributed by atoms with Crippen molar-refractivity contribution >= 4 is 33.9 Å². The molecular formula is C19H19BrF6N4O2. The van der Waals surface area contributed by atoms with Crippen LogP contribution >= 0.6 is 15.9 Å². The lowest BCUT2D eigenvalue weighted by Gasteiger charge is -2.17. The number of hydrogen-bond donors (Lipinski definition) is 2. The highest BCUT2D eigenvalue weighted by molar-refractivity contribution is 9.10. The van der Waals surface area contributed by atoms with Crippen molar-refractivity contribution in [1.82, 2.24) is 15.1 Å². The fourth-order valence-corrected chi connectivity index (χ4v) is 3.04. The lowest BCUT2D eigenvalue weighted by atomic mass is 10.2. The number of benzene rings is 1. The van der Waals surface area contributed by atoms with Gasteiger partial charge in [-0.3, -0.25) is 14.3 Å². The molecule has 2 amide bonds. The molecule has 176 valence electrons. The Bertz CT molecular complexity index is 989. The SMILES string of the molecule is Cc1c(Br)c(C(F)(F)C(F)(F)F)nn1C.O=CNc1ccc(F)c(CNC(=O)C2CC2)c1. The molecule has 1 saturated carbocycles. The summed E-state index contributed by atoms with van der Waals surface area (Å²) in [5.41, 5.74) is -0.230. The van der Waals surface area contributed by atoms with E-state index in [1.165, 1.54) is 32.2 Å². The molecular weight excluding hydrogens is 510 g/mol. The first-order chi connectivity index (χ1) is 14.8. The average molecular weight is 529 g/mol. The molecule has 13 heteroatoms. The molecule has 0 bridgehead atoms. The first kappa shape index (κ1) is 25.7. The highest BCUT2D eigenvalue weighted by atomic mass is 79.9. The van der Waals surface area contributed by atoms with Crippen molar-refractivity contribution in [2.75, 3.05) is 5.32 Å². The number of rotatable bonds is 6. The van der Waals surface area contributed by atoms with Crippen molar-refractivity contribution < 1.29 is 35.9 Å². The van der Waals surface area contributed by atoms with Gasteiger partial charge in [0.2, 0.25) is 12.3 Å². The van der Waals surface area contributed by atoms with Crippen LogP contribution in [0.2, 0.25) is 0 Å². The predicted octanol–water partition coefficient (Wildman–Crippen LogP) is 4.57. The molecule has 32 heavy (non-hydrogen) atoms. The summed E-state index contributed by atoms with van der Waals surface area (Å²) in [7, 11) is 1.29. The van der Waals surface area contributed by atoms with E-state index in [9.17, 15) is 35.9 Å². The maximum absolute atomic E-state index is 13.4. The second-order valence-electron chi connectivity index (χ2n) is 7.00. The molecule has 3 rings (SSSR count). The third kappa shape index (κ3) is 6.02. The van der Waals surface area contributed by atoms with E-state index in [2.05, 4.69) is 31.7 Å². The van der Waals surface area contributed by atoms with Crippen molar-refractivity contribution in [3.8, 4) is 0 Å². The van der Waals surface area contributed by atoms with Gasteiger partial charge in [-0.25, -0.2) is 4.39 Å². The van der Waals surface area contributed by atoms with E-state index in [0.29, 0.717) is 17.7 Å². The zero-order valence-corrected chi connectivity index (χ0v) is 18.5. The van der Waals surface area contributed by atoms with Crippen molar-refractivity contribution in [1.29, 1.82) is 0 Å². The smallest absolute Gasteiger partial charge is 0.352 e. The first-order valence-corrected chi connectivity index (χ1v) is 9.99. The maximum Gasteiger partial charge on any atom is 0.459 e. The number of alkyl halides is 5. The van der Waals surface area contributed by atoms with Gasteiger partial charge >= 0.3 is 12.1 Å². The zero-order valence-electron chi connectivity index (χ0n) is 16.9. The van der Waals surface area contributed by atoms with Crippen LogP contribution in [0.15, 0.2) is 22.7 Å². The molecule has 0 atom stereocenters. The van der Waals surface area contributed by atoms with E-state index in [4.69, 9.17) is 0 Å². The molecule has 1 aliphatic rings. The molecule has 1 aromatic carbocycles. The topological polar surface area (TPSA) is 76.0 Å². The number of carbonyl (C=O) groups excluding carboxylic acids is 2. The van der Waals surface area contributed by atoms with Crippen molar-refractivity contribution in [3.05, 3.63) is 45.4 Å². The third-order valence-electron chi connectivity index (χ3n) is 4.59. The molecule has 1 heterocycles. The van der Waals surface area contributed by atoms with Crippen LogP contribution in [0.25, 0.3) is 0 Å². The summed E-state index contributed by atoms with van der Waals surface area (Å²) < 4.78 is 75.9. The Hall–Kier alpha value is -2.57. The number of nitrogens with zero attached hydrogens (tertiary/aromatic N) is 2. The molecule has 0 aliphatic heterocycles. The van der Waals surface area contributed by atoms with Crippen LogP contribution in [0.4, 0.5) is 32.0 Å². The fraction of sp³-hybridized carbons (Fsp3) is 0.421. The van der Waals surface area contributed by atoms with E-state index in [0.717, 1.165) is 17.5 Å². The van der Waals surface area contributed by atoms with E-state index in [1.54, 1.807) is 0 Å². The molecule has 0 unspecified atom stereocenters. The number of amides is 2. The number of hydrogen-bond acceptors (Lipinski definition) is 3. The van der Waals surface area contributed by atoms with Gasteiger partial charge in [0, 0.05) is 36.5 Å². The molecule has 2 N–H and O–H groups in total. The summed E-state index contributed by atoms with van der Waals surface area (Å²) in [6.07, 6.45) is -3.28. The Morgan fingerprint density at radius 3 is 2.38 bits per heavy atom. The van der Waals surface area contributed by atoms with Crippen LogP contribution in [-0.2, 0) is 29.1 Å². The number of aromatic nitrogens is 2. The first-order valence-electron chi connectivity index (χ1n) is 9.20. The summed E-state index contributed by atoms with van der Waals surface area (Å²) in [5, 5.41) is 8.26. The van der Waals surface area contributed by atoms with Crippen LogP contribution < -0.4 is 10.6 Å². The van der Waals surface area contributed by atoms with Crippen LogP contribution in [0.3, 0.4) is 0 Å². The van der Waals surface area contributed by atoms with E-state index in [-0.39, 0.29) is 28.5 Å². The number of carbonyl (C=O) groups is 2. The van der Waals surface area contributed by atoms with Crippen molar-refractivity contribution in [2.24, 2.45) is 13.0 Å². The normalized spacial score (nSPS) is 13.8. The minimum Gasteiger partial charge on any atom is -0.352 e. The zero-order chi connectivity index (χ0) is 24.3. The minimum absolute atomic E-state index is 0.0295. The highest BCUT2D eigenvalue weighted by Crippen LogP contribution is 2.46. The number of nitrogens with one attached hydrogen (secondary N) is 2. The van der Waals surface area contributed by atoms with Crippen molar-refractivity contribution in [3.63, 3.8) is 0 Å². The Kier molecular flexibility index (Phi) is 7.97. The van der Waals surface area contributed by atoms with E-state index in [1.807, 2.05) is 0 Å². The van der Waals surface area contributed by atoms with Gasteiger partial charge in [-0.05, 0) is 53.9 Å². The van der Waals surface area contributed by atoms with Gasteiger partial charge in [0.15, 0.2) is 5.69 Å². The Morgan fingerprint density at radius 2 is 1.91 bits per heavy atom. The molecule has 1 fully saturated rings. The van der Waals surface area contributed by atoms with Gasteiger partial charge in [-0.1, -0.05) is 0 Å². The summed E-state index contributed by atoms with van der Waals surface area (Å²) in [5.74, 6) is -5.26. The molecule has 0 radical (unpaired) electrons. The predicted molar refractivity (Wildman–Crippen MR) is 106 cm³/mol. The average Bonchev–Trinajstić information content (AvgIpc) is 3.52. The second-order valence-corrected chi connectivity index (χ2v) is 7.80. The largest absolute Gasteiger partial charge is 0.459 e. The van der Waals surface area contributed by atoms with Gasteiger partial charge < -0.3 is 10.6 Å². The highest BCUT2D eigenvalue weighted by Gasteiger charge is 2.61. The fourth-order valence-electron chi connectivity index (χ4n) is 2.46. The molecule has 0 spiro atoms. The van der Waals surface area contributed by atoms with Crippen LogP contribution in [0.5, 0.6) is 0 Å². The number of anilines is 1. The van der Waals surface area contributed by atoms with Crippen molar-refractivity contribution in [2.45, 2.75) is 38.4 Å². The summed E-state index contributed by atoms with van der Waals surface area (Å²) in [6, 6.07) is 4.25. The van der Waals surface area contributed by atoms with Gasteiger partial charge in [0.05, 0.1) is 4.47 Å². The minimum atomic E-state index is -5.64. The maximum atomic E-state index is 13.4. The molecule has 2 aromatic rings. The Labute approximate surface area is 187 Å². The quantitative estimate of drug-likeness (QED) is 0.426. The number of halogens is 7. The Balaban J connectivity index is 0.000000229. The van der Waals surface area contributed by atoms with Crippen LogP contribution in [-0.4, -0.2) is 28.3 Å². The third-order valence-corrected chi connectivity index (χ3v) is 5.54. The van der Waals surface area contributed by atoms with E-state index >= 15 is 0 Å². The van der Waals surface area contributed by atoms with Gasteiger partial charge in [-0.15, -0.1) is 0 Å². The van der Waals surface area contributed by atoms with Crippen LogP contribution in [0.1, 0.15) is 29.8 Å². The molecule has 0 saturated heterocycles. The molecule has 1 aromatic heterocycles. The molecule has 6 nitrogen and oxygen atoms in total. The van der Waals surface area contributed by atoms with Gasteiger partial charge in [0.25, 0.3) is 0 Å². The lowest BCUT2D eigenvalue weighted by molar-refractivity contribution is -0.291. The van der Waals surface area contributed by atoms with E-state index < -0.39 is 23.6 Å². The van der Waals surface area contributed by atoms with Gasteiger partial charge in [0.1, 0.15) is 5.82 Å². The second kappa shape index (κ2) is 9.92. The summed E-state index contributed by atoms with van der Waals surface area (Å²) in [6.45, 7) is 1.53.